The van der Waals surface area contributed by atoms with Gasteiger partial charge in [0.1, 0.15) is 0 Å². The molecule has 0 amide bonds. The van der Waals surface area contributed by atoms with Crippen LogP contribution in [0.25, 0.3) is 0 Å². The molecule has 2 heteroatoms. The van der Waals surface area contributed by atoms with Crippen LogP contribution in [0.2, 0.25) is 0 Å². The van der Waals surface area contributed by atoms with Gasteiger partial charge in [-0.1, -0.05) is 13.3 Å². The largest absolute Gasteiger partial charge is 0.316 e. The van der Waals surface area contributed by atoms with Gasteiger partial charge in [-0.05, 0) is 31.7 Å². The van der Waals surface area contributed by atoms with Crippen LogP contribution < -0.4 is 11.1 Å². The van der Waals surface area contributed by atoms with Crippen LogP contribution in [0.15, 0.2) is 0 Å². The quantitative estimate of drug-likeness (QED) is 0.563. The zero-order valence-electron chi connectivity index (χ0n) is 6.77. The fourth-order valence-corrected chi connectivity index (χ4v) is 1.05. The van der Waals surface area contributed by atoms with Crippen LogP contribution in [0.3, 0.4) is 0 Å². The first-order chi connectivity index (χ1) is 4.83. The molecule has 1 atom stereocenters. The second-order valence-electron chi connectivity index (χ2n) is 3.25. The minimum atomic E-state index is 0.241. The number of nitrogens with two attached hydrogens (primary N) is 1. The molecule has 1 aliphatic carbocycles. The van der Waals surface area contributed by atoms with Gasteiger partial charge >= 0.3 is 0 Å². The van der Waals surface area contributed by atoms with Crippen LogP contribution in [-0.4, -0.2) is 12.7 Å². The topological polar surface area (TPSA) is 38.0 Å². The Hall–Kier alpha value is -0.0800. The third kappa shape index (κ3) is 3.18. The van der Waals surface area contributed by atoms with E-state index in [4.69, 9.17) is 5.73 Å². The van der Waals surface area contributed by atoms with Crippen LogP contribution in [0.4, 0.5) is 0 Å². The molecule has 1 aliphatic rings. The SMILES string of the molecule is CCCC(N)NCC1CC1. The minimum absolute atomic E-state index is 0.241. The lowest BCUT2D eigenvalue weighted by Gasteiger charge is -2.11. The Kier molecular flexibility index (Phi) is 3.16. The van der Waals surface area contributed by atoms with Crippen molar-refractivity contribution >= 4 is 0 Å². The Morgan fingerprint density at radius 1 is 1.60 bits per heavy atom. The van der Waals surface area contributed by atoms with E-state index in [1.807, 2.05) is 0 Å². The predicted molar refractivity (Wildman–Crippen MR) is 43.6 cm³/mol. The average Bonchev–Trinajstić information content (AvgIpc) is 2.67. The predicted octanol–water partition coefficient (Wildman–Crippen LogP) is 1.07. The summed E-state index contributed by atoms with van der Waals surface area (Å²) in [5.74, 6) is 0.947. The lowest BCUT2D eigenvalue weighted by atomic mass is 10.3. The number of nitrogens with one attached hydrogen (secondary N) is 1. The van der Waals surface area contributed by atoms with Gasteiger partial charge in [-0.25, -0.2) is 0 Å². The highest BCUT2D eigenvalue weighted by Gasteiger charge is 2.20. The summed E-state index contributed by atoms with van der Waals surface area (Å²) in [6, 6.07) is 0. The van der Waals surface area contributed by atoms with Crippen LogP contribution >= 0.6 is 0 Å². The molecule has 0 aromatic heterocycles. The maximum Gasteiger partial charge on any atom is 0.0546 e. The Morgan fingerprint density at radius 3 is 2.80 bits per heavy atom. The van der Waals surface area contributed by atoms with E-state index in [1.165, 1.54) is 19.3 Å². The standard InChI is InChI=1S/C8H18N2/c1-2-3-8(9)10-6-7-4-5-7/h7-8,10H,2-6,9H2,1H3. The van der Waals surface area contributed by atoms with Crippen molar-refractivity contribution in [2.24, 2.45) is 11.7 Å². The highest BCUT2D eigenvalue weighted by Crippen LogP contribution is 2.27. The molecule has 0 aromatic carbocycles. The summed E-state index contributed by atoms with van der Waals surface area (Å²) in [5, 5.41) is 3.32. The van der Waals surface area contributed by atoms with E-state index in [9.17, 15) is 0 Å². The van der Waals surface area contributed by atoms with E-state index in [1.54, 1.807) is 0 Å². The van der Waals surface area contributed by atoms with E-state index in [0.29, 0.717) is 0 Å². The van der Waals surface area contributed by atoms with Crippen molar-refractivity contribution in [3.05, 3.63) is 0 Å². The van der Waals surface area contributed by atoms with Crippen LogP contribution in [0.1, 0.15) is 32.6 Å². The van der Waals surface area contributed by atoms with Gasteiger partial charge < -0.3 is 11.1 Å². The molecule has 0 heterocycles. The average molecular weight is 142 g/mol. The van der Waals surface area contributed by atoms with Crippen molar-refractivity contribution in [3.8, 4) is 0 Å². The smallest absolute Gasteiger partial charge is 0.0546 e. The molecule has 60 valence electrons. The van der Waals surface area contributed by atoms with Gasteiger partial charge in [0.2, 0.25) is 0 Å². The second kappa shape index (κ2) is 3.94. The Labute approximate surface area is 63.2 Å². The molecule has 0 aromatic rings. The van der Waals surface area contributed by atoms with Crippen molar-refractivity contribution < 1.29 is 0 Å². The first-order valence-corrected chi connectivity index (χ1v) is 4.32. The summed E-state index contributed by atoms with van der Waals surface area (Å²) in [5.41, 5.74) is 5.75. The normalized spacial score (nSPS) is 21.0. The lowest BCUT2D eigenvalue weighted by molar-refractivity contribution is 0.477. The van der Waals surface area contributed by atoms with Gasteiger partial charge in [-0.2, -0.15) is 0 Å². The minimum Gasteiger partial charge on any atom is -0.316 e. The molecule has 0 radical (unpaired) electrons. The fourth-order valence-electron chi connectivity index (χ4n) is 1.05. The number of hydrogen-bond acceptors (Lipinski definition) is 2. The van der Waals surface area contributed by atoms with Gasteiger partial charge in [-0.3, -0.25) is 0 Å². The Balaban J connectivity index is 1.89. The van der Waals surface area contributed by atoms with Gasteiger partial charge in [-0.15, -0.1) is 0 Å². The molecular formula is C8H18N2. The molecule has 0 spiro atoms. The third-order valence-electron chi connectivity index (χ3n) is 1.97. The van der Waals surface area contributed by atoms with Gasteiger partial charge in [0, 0.05) is 0 Å². The zero-order chi connectivity index (χ0) is 7.40. The molecule has 2 nitrogen and oxygen atoms in total. The summed E-state index contributed by atoms with van der Waals surface area (Å²) < 4.78 is 0. The van der Waals surface area contributed by atoms with Crippen molar-refractivity contribution in [1.29, 1.82) is 0 Å². The molecule has 0 bridgehead atoms. The first-order valence-electron chi connectivity index (χ1n) is 4.32. The fraction of sp³-hybridized carbons (Fsp3) is 1.00. The molecule has 0 saturated heterocycles. The summed E-state index contributed by atoms with van der Waals surface area (Å²) in [7, 11) is 0. The summed E-state index contributed by atoms with van der Waals surface area (Å²) in [6.07, 6.45) is 5.34. The zero-order valence-corrected chi connectivity index (χ0v) is 6.77. The maximum absolute atomic E-state index is 5.75. The van der Waals surface area contributed by atoms with Crippen molar-refractivity contribution in [2.45, 2.75) is 38.8 Å². The molecular weight excluding hydrogens is 124 g/mol. The highest BCUT2D eigenvalue weighted by atomic mass is 15.0. The number of rotatable bonds is 5. The van der Waals surface area contributed by atoms with Gasteiger partial charge in [0.15, 0.2) is 0 Å². The van der Waals surface area contributed by atoms with Crippen molar-refractivity contribution in [1.82, 2.24) is 5.32 Å². The first kappa shape index (κ1) is 8.02. The molecule has 1 rings (SSSR count). The summed E-state index contributed by atoms with van der Waals surface area (Å²) in [6.45, 7) is 3.31. The molecule has 10 heavy (non-hydrogen) atoms. The van der Waals surface area contributed by atoms with E-state index in [0.717, 1.165) is 18.9 Å². The van der Waals surface area contributed by atoms with E-state index in [-0.39, 0.29) is 6.17 Å². The van der Waals surface area contributed by atoms with Crippen molar-refractivity contribution in [3.63, 3.8) is 0 Å². The van der Waals surface area contributed by atoms with Crippen LogP contribution in [0.5, 0.6) is 0 Å². The maximum atomic E-state index is 5.75. The Bertz CT molecular complexity index is 89.3. The van der Waals surface area contributed by atoms with E-state index >= 15 is 0 Å². The van der Waals surface area contributed by atoms with Gasteiger partial charge in [0.05, 0.1) is 6.17 Å². The molecule has 1 saturated carbocycles. The highest BCUT2D eigenvalue weighted by molar-refractivity contribution is 4.76. The van der Waals surface area contributed by atoms with Crippen molar-refractivity contribution in [2.75, 3.05) is 6.54 Å². The third-order valence-corrected chi connectivity index (χ3v) is 1.97. The molecule has 0 aliphatic heterocycles. The molecule has 1 unspecified atom stereocenters. The number of hydrogen-bond donors (Lipinski definition) is 2. The second-order valence-corrected chi connectivity index (χ2v) is 3.25. The summed E-state index contributed by atoms with van der Waals surface area (Å²) >= 11 is 0. The molecule has 1 fully saturated rings. The van der Waals surface area contributed by atoms with Crippen LogP contribution in [-0.2, 0) is 0 Å². The van der Waals surface area contributed by atoms with Gasteiger partial charge in [0.25, 0.3) is 0 Å². The monoisotopic (exact) mass is 142 g/mol. The lowest BCUT2D eigenvalue weighted by Crippen LogP contribution is -2.38. The summed E-state index contributed by atoms with van der Waals surface area (Å²) in [4.78, 5) is 0. The van der Waals surface area contributed by atoms with E-state index in [2.05, 4.69) is 12.2 Å². The molecule has 3 N–H and O–H groups in total. The van der Waals surface area contributed by atoms with Crippen LogP contribution in [0, 0.1) is 5.92 Å². The van der Waals surface area contributed by atoms with E-state index < -0.39 is 0 Å². The Morgan fingerprint density at radius 2 is 2.30 bits per heavy atom.